The van der Waals surface area contributed by atoms with Crippen LogP contribution in [0.25, 0.3) is 11.1 Å². The molecule has 7 heteroatoms. The maximum absolute atomic E-state index is 13.1. The van der Waals surface area contributed by atoms with E-state index in [1.54, 1.807) is 30.7 Å². The molecule has 4 rings (SSSR count). The van der Waals surface area contributed by atoms with Crippen molar-refractivity contribution in [2.24, 2.45) is 5.92 Å². The molecule has 1 aromatic carbocycles. The van der Waals surface area contributed by atoms with E-state index in [-0.39, 0.29) is 11.8 Å². The fourth-order valence-electron chi connectivity index (χ4n) is 3.76. The molecule has 2 N–H and O–H groups in total. The molecule has 1 saturated carbocycles. The van der Waals surface area contributed by atoms with Crippen LogP contribution in [0.4, 0.5) is 5.69 Å². The summed E-state index contributed by atoms with van der Waals surface area (Å²) in [7, 11) is 1.54. The molecule has 2 heterocycles. The number of nitrogens with zero attached hydrogens (tertiary/aromatic N) is 2. The van der Waals surface area contributed by atoms with E-state index in [0.717, 1.165) is 23.1 Å². The summed E-state index contributed by atoms with van der Waals surface area (Å²) in [6.07, 6.45) is 8.93. The maximum atomic E-state index is 13.1. The van der Waals surface area contributed by atoms with Gasteiger partial charge in [0.05, 0.1) is 19.0 Å². The summed E-state index contributed by atoms with van der Waals surface area (Å²) in [6, 6.07) is 12.4. The Bertz CT molecular complexity index is 1110. The quantitative estimate of drug-likeness (QED) is 0.511. The number of aryl methyl sites for hydroxylation is 1. The first-order valence-corrected chi connectivity index (χ1v) is 11.2. The van der Waals surface area contributed by atoms with E-state index in [1.807, 2.05) is 37.3 Å². The van der Waals surface area contributed by atoms with E-state index in [9.17, 15) is 9.59 Å². The van der Waals surface area contributed by atoms with Crippen molar-refractivity contribution in [1.82, 2.24) is 15.3 Å². The van der Waals surface area contributed by atoms with Crippen LogP contribution < -0.4 is 15.4 Å². The minimum atomic E-state index is -0.625. The number of methoxy groups -OCH3 is 1. The van der Waals surface area contributed by atoms with Crippen molar-refractivity contribution in [3.63, 3.8) is 0 Å². The highest BCUT2D eigenvalue weighted by Crippen LogP contribution is 2.34. The Balaban J connectivity index is 1.46. The number of hydrogen-bond acceptors (Lipinski definition) is 5. The molecule has 0 bridgehead atoms. The lowest BCUT2D eigenvalue weighted by Crippen LogP contribution is -2.44. The highest BCUT2D eigenvalue weighted by molar-refractivity contribution is 6.02. The molecule has 0 radical (unpaired) electrons. The second-order valence-corrected chi connectivity index (χ2v) is 8.39. The summed E-state index contributed by atoms with van der Waals surface area (Å²) in [5.74, 6) is 0.623. The fourth-order valence-corrected chi connectivity index (χ4v) is 3.76. The van der Waals surface area contributed by atoms with Gasteiger partial charge >= 0.3 is 0 Å². The predicted molar refractivity (Wildman–Crippen MR) is 127 cm³/mol. The molecule has 1 aliphatic rings. The van der Waals surface area contributed by atoms with Crippen molar-refractivity contribution in [2.45, 2.75) is 38.6 Å². The number of rotatable bonds is 9. The van der Waals surface area contributed by atoms with E-state index in [0.29, 0.717) is 29.5 Å². The summed E-state index contributed by atoms with van der Waals surface area (Å²) < 4.78 is 5.06. The number of hydrogen-bond donors (Lipinski definition) is 2. The zero-order valence-corrected chi connectivity index (χ0v) is 18.9. The van der Waals surface area contributed by atoms with E-state index in [1.165, 1.54) is 20.0 Å². The Kier molecular flexibility index (Phi) is 6.98. The van der Waals surface area contributed by atoms with Gasteiger partial charge in [0.15, 0.2) is 0 Å². The van der Waals surface area contributed by atoms with Gasteiger partial charge in [-0.05, 0) is 66.6 Å². The average Bonchev–Trinajstić information content (AvgIpc) is 3.67. The lowest BCUT2D eigenvalue weighted by Gasteiger charge is -2.19. The highest BCUT2D eigenvalue weighted by Gasteiger charge is 2.27. The molecule has 33 heavy (non-hydrogen) atoms. The number of pyridine rings is 2. The van der Waals surface area contributed by atoms with Crippen LogP contribution in [0, 0.1) is 12.8 Å². The first kappa shape index (κ1) is 22.5. The first-order valence-electron chi connectivity index (χ1n) is 11.2. The number of anilines is 1. The molecular formula is C26H28N4O3. The van der Waals surface area contributed by atoms with Crippen LogP contribution in [-0.4, -0.2) is 34.9 Å². The van der Waals surface area contributed by atoms with Crippen molar-refractivity contribution in [3.05, 3.63) is 72.2 Å². The SMILES string of the molecule is COc1ccc(NC(=O)C(CCC2CC2)NC(=O)c2ccc(-c3ccncc3)cc2C)cn1. The number of benzene rings is 1. The monoisotopic (exact) mass is 444 g/mol. The molecule has 170 valence electrons. The van der Waals surface area contributed by atoms with E-state index >= 15 is 0 Å². The second kappa shape index (κ2) is 10.3. The number of nitrogens with one attached hydrogen (secondary N) is 2. The van der Waals surface area contributed by atoms with Crippen molar-refractivity contribution < 1.29 is 14.3 Å². The molecule has 1 unspecified atom stereocenters. The second-order valence-electron chi connectivity index (χ2n) is 8.39. The number of carbonyl (C=O) groups is 2. The average molecular weight is 445 g/mol. The number of ether oxygens (including phenoxy) is 1. The normalized spacial score (nSPS) is 13.8. The number of carbonyl (C=O) groups excluding carboxylic acids is 2. The zero-order chi connectivity index (χ0) is 23.2. The molecule has 2 amide bonds. The summed E-state index contributed by atoms with van der Waals surface area (Å²) >= 11 is 0. The van der Waals surface area contributed by atoms with Crippen molar-refractivity contribution >= 4 is 17.5 Å². The Labute approximate surface area is 193 Å². The fraction of sp³-hybridized carbons (Fsp3) is 0.308. The van der Waals surface area contributed by atoms with Gasteiger partial charge in [0.1, 0.15) is 6.04 Å². The molecule has 3 aromatic rings. The Hall–Kier alpha value is -3.74. The van der Waals surface area contributed by atoms with E-state index in [2.05, 4.69) is 20.6 Å². The molecule has 0 spiro atoms. The third kappa shape index (κ3) is 5.94. The third-order valence-electron chi connectivity index (χ3n) is 5.88. The Morgan fingerprint density at radius 3 is 2.52 bits per heavy atom. The van der Waals surface area contributed by atoms with Crippen LogP contribution in [-0.2, 0) is 4.79 Å². The van der Waals surface area contributed by atoms with Crippen molar-refractivity contribution in [2.75, 3.05) is 12.4 Å². The van der Waals surface area contributed by atoms with E-state index in [4.69, 9.17) is 4.74 Å². The topological polar surface area (TPSA) is 93.2 Å². The zero-order valence-electron chi connectivity index (χ0n) is 18.9. The number of amides is 2. The van der Waals surface area contributed by atoms with Gasteiger partial charge in [-0.3, -0.25) is 14.6 Å². The molecule has 7 nitrogen and oxygen atoms in total. The Morgan fingerprint density at radius 2 is 1.88 bits per heavy atom. The highest BCUT2D eigenvalue weighted by atomic mass is 16.5. The van der Waals surface area contributed by atoms with Crippen molar-refractivity contribution in [3.8, 4) is 17.0 Å². The van der Waals surface area contributed by atoms with Crippen LogP contribution in [0.15, 0.2) is 61.1 Å². The maximum Gasteiger partial charge on any atom is 0.252 e. The molecular weight excluding hydrogens is 416 g/mol. The Morgan fingerprint density at radius 1 is 1.09 bits per heavy atom. The van der Waals surface area contributed by atoms with Gasteiger partial charge in [-0.1, -0.05) is 25.0 Å². The molecule has 0 saturated heterocycles. The smallest absolute Gasteiger partial charge is 0.252 e. The number of aromatic nitrogens is 2. The molecule has 0 aliphatic heterocycles. The lowest BCUT2D eigenvalue weighted by atomic mass is 9.99. The molecule has 1 atom stereocenters. The first-order chi connectivity index (χ1) is 16.0. The molecule has 2 aromatic heterocycles. The minimum Gasteiger partial charge on any atom is -0.481 e. The lowest BCUT2D eigenvalue weighted by molar-refractivity contribution is -0.118. The minimum absolute atomic E-state index is 0.248. The molecule has 1 aliphatic carbocycles. The van der Waals surface area contributed by atoms with Crippen LogP contribution in [0.1, 0.15) is 41.6 Å². The van der Waals surface area contributed by atoms with Gasteiger partial charge in [-0.15, -0.1) is 0 Å². The van der Waals surface area contributed by atoms with E-state index < -0.39 is 6.04 Å². The van der Waals surface area contributed by atoms with Gasteiger partial charge in [0.25, 0.3) is 5.91 Å². The van der Waals surface area contributed by atoms with Crippen LogP contribution in [0.3, 0.4) is 0 Å². The summed E-state index contributed by atoms with van der Waals surface area (Å²) in [5, 5.41) is 5.81. The van der Waals surface area contributed by atoms with Gasteiger partial charge in [0, 0.05) is 24.0 Å². The largest absolute Gasteiger partial charge is 0.481 e. The van der Waals surface area contributed by atoms with Crippen molar-refractivity contribution in [1.29, 1.82) is 0 Å². The third-order valence-corrected chi connectivity index (χ3v) is 5.88. The van der Waals surface area contributed by atoms with Gasteiger partial charge < -0.3 is 15.4 Å². The summed E-state index contributed by atoms with van der Waals surface area (Å²) in [4.78, 5) is 34.3. The summed E-state index contributed by atoms with van der Waals surface area (Å²) in [6.45, 7) is 1.90. The van der Waals surface area contributed by atoms with Gasteiger partial charge in [-0.2, -0.15) is 0 Å². The summed E-state index contributed by atoms with van der Waals surface area (Å²) in [5.41, 5.74) is 4.02. The van der Waals surface area contributed by atoms with Crippen LogP contribution in [0.5, 0.6) is 5.88 Å². The predicted octanol–water partition coefficient (Wildman–Crippen LogP) is 4.39. The van der Waals surface area contributed by atoms with Gasteiger partial charge in [-0.25, -0.2) is 4.98 Å². The van der Waals surface area contributed by atoms with Crippen LogP contribution in [0.2, 0.25) is 0 Å². The van der Waals surface area contributed by atoms with Gasteiger partial charge in [0.2, 0.25) is 11.8 Å². The standard InChI is InChI=1S/C26H28N4O3/c1-17-15-20(19-11-13-27-14-12-19)6-8-22(17)25(31)30-23(9-5-18-3-4-18)26(32)29-21-7-10-24(33-2)28-16-21/h6-8,10-16,18,23H,3-5,9H2,1-2H3,(H,29,32)(H,30,31). The molecule has 1 fully saturated rings. The van der Waals surface area contributed by atoms with Crippen LogP contribution >= 0.6 is 0 Å².